The number of carbonyl (C=O) groups is 1. The van der Waals surface area contributed by atoms with Crippen LogP contribution in [0.2, 0.25) is 5.02 Å². The standard InChI is InChI=1S/C18H19ClN4O3/c1-10-14(16-15(11(2)26-21-16)17(24)22(3)4)18(23(5)20-10)25-13-8-6-12(19)7-9-13/h6-9H,1-5H3. The number of aryl methyl sites for hydroxylation is 3. The molecule has 0 aliphatic rings. The first-order valence-corrected chi connectivity index (χ1v) is 8.32. The van der Waals surface area contributed by atoms with E-state index in [4.69, 9.17) is 20.9 Å². The molecule has 2 aromatic heterocycles. The second-order valence-electron chi connectivity index (χ2n) is 6.11. The summed E-state index contributed by atoms with van der Waals surface area (Å²) >= 11 is 5.93. The maximum absolute atomic E-state index is 12.6. The Morgan fingerprint density at radius 1 is 1.23 bits per heavy atom. The highest BCUT2D eigenvalue weighted by Gasteiger charge is 2.29. The molecule has 0 fully saturated rings. The number of hydrogen-bond donors (Lipinski definition) is 0. The third-order valence-corrected chi connectivity index (χ3v) is 4.17. The average Bonchev–Trinajstić information content (AvgIpc) is 3.08. The van der Waals surface area contributed by atoms with Crippen LogP contribution in [0.5, 0.6) is 11.6 Å². The summed E-state index contributed by atoms with van der Waals surface area (Å²) in [6, 6.07) is 6.99. The van der Waals surface area contributed by atoms with Crippen molar-refractivity contribution in [2.75, 3.05) is 14.1 Å². The smallest absolute Gasteiger partial charge is 0.259 e. The molecule has 1 amide bonds. The van der Waals surface area contributed by atoms with Crippen molar-refractivity contribution in [2.24, 2.45) is 7.05 Å². The summed E-state index contributed by atoms with van der Waals surface area (Å²) in [7, 11) is 5.13. The Bertz CT molecular complexity index is 958. The number of rotatable bonds is 4. The van der Waals surface area contributed by atoms with Crippen molar-refractivity contribution in [1.29, 1.82) is 0 Å². The van der Waals surface area contributed by atoms with Gasteiger partial charge in [0.05, 0.1) is 11.3 Å². The zero-order valence-corrected chi connectivity index (χ0v) is 16.0. The summed E-state index contributed by atoms with van der Waals surface area (Å²) in [4.78, 5) is 14.1. The molecule has 0 spiro atoms. The van der Waals surface area contributed by atoms with E-state index in [1.807, 2.05) is 6.92 Å². The summed E-state index contributed by atoms with van der Waals surface area (Å²) in [5.74, 6) is 1.31. The van der Waals surface area contributed by atoms with Crippen LogP contribution in [-0.4, -0.2) is 39.8 Å². The molecule has 0 aliphatic heterocycles. The van der Waals surface area contributed by atoms with E-state index in [1.165, 1.54) is 4.90 Å². The highest BCUT2D eigenvalue weighted by atomic mass is 35.5. The number of halogens is 1. The minimum atomic E-state index is -0.195. The first-order chi connectivity index (χ1) is 12.3. The fourth-order valence-corrected chi connectivity index (χ4v) is 2.79. The molecule has 1 aromatic carbocycles. The van der Waals surface area contributed by atoms with Crippen molar-refractivity contribution in [3.05, 3.63) is 46.3 Å². The van der Waals surface area contributed by atoms with Gasteiger partial charge < -0.3 is 14.2 Å². The van der Waals surface area contributed by atoms with Gasteiger partial charge in [-0.05, 0) is 38.1 Å². The third kappa shape index (κ3) is 3.17. The fourth-order valence-electron chi connectivity index (χ4n) is 2.66. The first-order valence-electron chi connectivity index (χ1n) is 7.95. The van der Waals surface area contributed by atoms with Gasteiger partial charge in [-0.25, -0.2) is 4.68 Å². The van der Waals surface area contributed by atoms with Gasteiger partial charge in [0, 0.05) is 26.2 Å². The summed E-state index contributed by atoms with van der Waals surface area (Å²) in [6.45, 7) is 3.54. The molecule has 136 valence electrons. The lowest BCUT2D eigenvalue weighted by molar-refractivity contribution is 0.0826. The van der Waals surface area contributed by atoms with E-state index in [0.29, 0.717) is 44.9 Å². The van der Waals surface area contributed by atoms with Crippen molar-refractivity contribution in [2.45, 2.75) is 13.8 Å². The normalized spacial score (nSPS) is 10.8. The Kier molecular flexibility index (Phi) is 4.73. The van der Waals surface area contributed by atoms with Crippen molar-refractivity contribution >= 4 is 17.5 Å². The van der Waals surface area contributed by atoms with Crippen LogP contribution in [0.3, 0.4) is 0 Å². The van der Waals surface area contributed by atoms with Crippen LogP contribution in [0.15, 0.2) is 28.8 Å². The second kappa shape index (κ2) is 6.84. The van der Waals surface area contributed by atoms with E-state index in [9.17, 15) is 4.79 Å². The topological polar surface area (TPSA) is 73.4 Å². The zero-order valence-electron chi connectivity index (χ0n) is 15.2. The molecular weight excluding hydrogens is 356 g/mol. The third-order valence-electron chi connectivity index (χ3n) is 3.92. The quantitative estimate of drug-likeness (QED) is 0.693. The van der Waals surface area contributed by atoms with Gasteiger partial charge in [-0.15, -0.1) is 0 Å². The lowest BCUT2D eigenvalue weighted by Gasteiger charge is -2.11. The van der Waals surface area contributed by atoms with E-state index < -0.39 is 0 Å². The largest absolute Gasteiger partial charge is 0.439 e. The number of amides is 1. The molecule has 7 nitrogen and oxygen atoms in total. The van der Waals surface area contributed by atoms with E-state index in [0.717, 1.165) is 0 Å². The van der Waals surface area contributed by atoms with Gasteiger partial charge >= 0.3 is 0 Å². The number of ether oxygens (including phenoxy) is 1. The minimum absolute atomic E-state index is 0.195. The Balaban J connectivity index is 2.13. The van der Waals surface area contributed by atoms with Gasteiger partial charge in [-0.3, -0.25) is 4.79 Å². The second-order valence-corrected chi connectivity index (χ2v) is 6.54. The number of benzene rings is 1. The van der Waals surface area contributed by atoms with Gasteiger partial charge in [0.2, 0.25) is 5.88 Å². The SMILES string of the molecule is Cc1nn(C)c(Oc2ccc(Cl)cc2)c1-c1noc(C)c1C(=O)N(C)C. The lowest BCUT2D eigenvalue weighted by atomic mass is 10.1. The van der Waals surface area contributed by atoms with Gasteiger partial charge in [0.15, 0.2) is 0 Å². The average molecular weight is 375 g/mol. The van der Waals surface area contributed by atoms with Gasteiger partial charge in [-0.2, -0.15) is 5.10 Å². The molecule has 26 heavy (non-hydrogen) atoms. The van der Waals surface area contributed by atoms with Gasteiger partial charge in [-0.1, -0.05) is 16.8 Å². The highest BCUT2D eigenvalue weighted by molar-refractivity contribution is 6.30. The molecule has 0 bridgehead atoms. The van der Waals surface area contributed by atoms with Crippen LogP contribution in [0, 0.1) is 13.8 Å². The summed E-state index contributed by atoms with van der Waals surface area (Å²) in [5, 5.41) is 9.13. The molecule has 3 aromatic rings. The monoisotopic (exact) mass is 374 g/mol. The Labute approximate surface area is 156 Å². The van der Waals surface area contributed by atoms with Crippen LogP contribution in [0.1, 0.15) is 21.8 Å². The van der Waals surface area contributed by atoms with Crippen LogP contribution in [0.4, 0.5) is 0 Å². The van der Waals surface area contributed by atoms with E-state index in [2.05, 4.69) is 10.3 Å². The van der Waals surface area contributed by atoms with Crippen molar-refractivity contribution in [3.63, 3.8) is 0 Å². The van der Waals surface area contributed by atoms with E-state index in [-0.39, 0.29) is 5.91 Å². The number of aromatic nitrogens is 3. The van der Waals surface area contributed by atoms with E-state index in [1.54, 1.807) is 57.0 Å². The van der Waals surface area contributed by atoms with Crippen LogP contribution < -0.4 is 4.74 Å². The maximum atomic E-state index is 12.6. The molecule has 0 atom stereocenters. The predicted octanol–water partition coefficient (Wildman–Crippen LogP) is 3.84. The zero-order chi connectivity index (χ0) is 19.0. The van der Waals surface area contributed by atoms with Crippen LogP contribution >= 0.6 is 11.6 Å². The fraction of sp³-hybridized carbons (Fsp3) is 0.278. The molecule has 2 heterocycles. The van der Waals surface area contributed by atoms with Crippen molar-refractivity contribution in [3.8, 4) is 22.9 Å². The number of carbonyl (C=O) groups excluding carboxylic acids is 1. The maximum Gasteiger partial charge on any atom is 0.259 e. The van der Waals surface area contributed by atoms with Gasteiger partial charge in [0.1, 0.15) is 22.8 Å². The Morgan fingerprint density at radius 2 is 1.88 bits per heavy atom. The number of nitrogens with zero attached hydrogens (tertiary/aromatic N) is 4. The molecule has 0 radical (unpaired) electrons. The number of hydrogen-bond acceptors (Lipinski definition) is 5. The van der Waals surface area contributed by atoms with Crippen molar-refractivity contribution < 1.29 is 14.1 Å². The van der Waals surface area contributed by atoms with E-state index >= 15 is 0 Å². The van der Waals surface area contributed by atoms with Crippen LogP contribution in [0.25, 0.3) is 11.3 Å². The summed E-state index contributed by atoms with van der Waals surface area (Å²) in [6.07, 6.45) is 0. The first kappa shape index (κ1) is 18.0. The molecular formula is C18H19ClN4O3. The molecule has 0 aliphatic carbocycles. The van der Waals surface area contributed by atoms with Crippen LogP contribution in [-0.2, 0) is 7.05 Å². The summed E-state index contributed by atoms with van der Waals surface area (Å²) < 4.78 is 12.9. The lowest BCUT2D eigenvalue weighted by Crippen LogP contribution is -2.22. The summed E-state index contributed by atoms with van der Waals surface area (Å²) in [5.41, 5.74) is 2.10. The predicted molar refractivity (Wildman–Crippen MR) is 97.7 cm³/mol. The Hall–Kier alpha value is -2.80. The molecule has 8 heteroatoms. The molecule has 0 unspecified atom stereocenters. The minimum Gasteiger partial charge on any atom is -0.439 e. The molecule has 0 N–H and O–H groups in total. The van der Waals surface area contributed by atoms with Crippen molar-refractivity contribution in [1.82, 2.24) is 19.8 Å². The molecule has 3 rings (SSSR count). The highest BCUT2D eigenvalue weighted by Crippen LogP contribution is 2.38. The van der Waals surface area contributed by atoms with Gasteiger partial charge in [0.25, 0.3) is 5.91 Å². The molecule has 0 saturated heterocycles. The molecule has 0 saturated carbocycles. The Morgan fingerprint density at radius 3 is 2.50 bits per heavy atom.